The topological polar surface area (TPSA) is 21.1 Å². The van der Waals surface area contributed by atoms with Crippen LogP contribution in [0.2, 0.25) is 5.02 Å². The second-order valence-electron chi connectivity index (χ2n) is 8.03. The van der Waals surface area contributed by atoms with Crippen molar-refractivity contribution < 1.29 is 4.39 Å². The lowest BCUT2D eigenvalue weighted by Crippen LogP contribution is -2.31. The van der Waals surface area contributed by atoms with Crippen LogP contribution in [-0.2, 0) is 19.5 Å². The second kappa shape index (κ2) is 8.52. The van der Waals surface area contributed by atoms with Gasteiger partial charge in [-0.3, -0.25) is 0 Å². The molecule has 4 aromatic rings. The van der Waals surface area contributed by atoms with Gasteiger partial charge in [-0.05, 0) is 54.7 Å². The Morgan fingerprint density at radius 2 is 1.81 bits per heavy atom. The van der Waals surface area contributed by atoms with Gasteiger partial charge in [0.1, 0.15) is 0 Å². The summed E-state index contributed by atoms with van der Waals surface area (Å²) in [4.78, 5) is 6.59. The highest BCUT2D eigenvalue weighted by molar-refractivity contribution is 6.30. The van der Waals surface area contributed by atoms with Crippen LogP contribution in [0.25, 0.3) is 10.9 Å². The van der Waals surface area contributed by atoms with E-state index in [0.29, 0.717) is 6.54 Å². The average molecular weight is 456 g/mol. The van der Waals surface area contributed by atoms with Crippen LogP contribution in [0.15, 0.2) is 54.6 Å². The molecule has 1 aliphatic rings. The molecule has 0 saturated carbocycles. The first-order valence-corrected chi connectivity index (χ1v) is 10.6. The number of benzene rings is 2. The molecule has 0 N–H and O–H groups in total. The van der Waals surface area contributed by atoms with Crippen LogP contribution >= 0.6 is 24.0 Å². The molecule has 0 fully saturated rings. The van der Waals surface area contributed by atoms with Crippen molar-refractivity contribution in [3.63, 3.8) is 0 Å². The van der Waals surface area contributed by atoms with Crippen molar-refractivity contribution >= 4 is 40.7 Å². The molecular weight excluding hydrogens is 432 g/mol. The summed E-state index contributed by atoms with van der Waals surface area (Å²) in [5.74, 6) is 0.289. The molecular formula is C25H24Cl2FN3. The van der Waals surface area contributed by atoms with Crippen molar-refractivity contribution in [1.82, 2.24) is 9.55 Å². The van der Waals surface area contributed by atoms with E-state index in [1.54, 1.807) is 6.07 Å². The van der Waals surface area contributed by atoms with E-state index >= 15 is 0 Å². The lowest BCUT2D eigenvalue weighted by Gasteiger charge is -2.30. The Bertz CT molecular complexity index is 1270. The van der Waals surface area contributed by atoms with Gasteiger partial charge in [0, 0.05) is 41.8 Å². The van der Waals surface area contributed by atoms with E-state index in [0.717, 1.165) is 58.1 Å². The molecule has 0 aliphatic carbocycles. The molecule has 6 heteroatoms. The summed E-state index contributed by atoms with van der Waals surface area (Å²) in [6, 6.07) is 17.9. The van der Waals surface area contributed by atoms with Crippen LogP contribution < -0.4 is 4.90 Å². The largest absolute Gasteiger partial charge is 0.350 e. The summed E-state index contributed by atoms with van der Waals surface area (Å²) < 4.78 is 16.8. The van der Waals surface area contributed by atoms with Gasteiger partial charge in [-0.15, -0.1) is 12.4 Å². The van der Waals surface area contributed by atoms with Gasteiger partial charge in [0.05, 0.1) is 5.52 Å². The van der Waals surface area contributed by atoms with Crippen molar-refractivity contribution in [2.45, 2.75) is 33.4 Å². The Hall–Kier alpha value is -2.56. The number of pyridine rings is 1. The zero-order valence-corrected chi connectivity index (χ0v) is 19.1. The first-order chi connectivity index (χ1) is 14.5. The summed E-state index contributed by atoms with van der Waals surface area (Å²) >= 11 is 6.22. The molecule has 0 bridgehead atoms. The van der Waals surface area contributed by atoms with E-state index in [2.05, 4.69) is 58.6 Å². The number of fused-ring (bicyclic) bond motifs is 2. The van der Waals surface area contributed by atoms with Crippen LogP contribution in [0.1, 0.15) is 27.9 Å². The number of aryl methyl sites for hydroxylation is 1. The lowest BCUT2D eigenvalue weighted by atomic mass is 10.00. The van der Waals surface area contributed by atoms with Gasteiger partial charge >= 0.3 is 0 Å². The molecule has 1 aliphatic heterocycles. The average Bonchev–Trinajstić information content (AvgIpc) is 2.98. The van der Waals surface area contributed by atoms with Crippen LogP contribution in [0.5, 0.6) is 0 Å². The normalized spacial score (nSPS) is 13.2. The molecule has 0 radical (unpaired) electrons. The predicted octanol–water partition coefficient (Wildman–Crippen LogP) is 6.48. The Kier molecular flexibility index (Phi) is 5.96. The third-order valence-electron chi connectivity index (χ3n) is 6.22. The molecule has 2 aromatic heterocycles. The van der Waals surface area contributed by atoms with Crippen LogP contribution in [0.4, 0.5) is 10.2 Å². The van der Waals surface area contributed by atoms with Gasteiger partial charge in [0.15, 0.2) is 5.82 Å². The molecule has 3 nitrogen and oxygen atoms in total. The fourth-order valence-electron chi connectivity index (χ4n) is 4.52. The lowest BCUT2D eigenvalue weighted by molar-refractivity contribution is 0.580. The molecule has 160 valence electrons. The van der Waals surface area contributed by atoms with Gasteiger partial charge in [0.25, 0.3) is 0 Å². The number of rotatable bonds is 3. The summed E-state index contributed by atoms with van der Waals surface area (Å²) in [5.41, 5.74) is 6.96. The minimum absolute atomic E-state index is 0. The zero-order chi connectivity index (χ0) is 20.8. The third-order valence-corrected chi connectivity index (χ3v) is 6.46. The van der Waals surface area contributed by atoms with Gasteiger partial charge < -0.3 is 9.47 Å². The number of anilines is 1. The highest BCUT2D eigenvalue weighted by Crippen LogP contribution is 2.35. The molecule has 5 rings (SSSR count). The minimum atomic E-state index is -0.431. The van der Waals surface area contributed by atoms with Crippen LogP contribution in [-0.4, -0.2) is 16.1 Å². The smallest absolute Gasteiger partial charge is 0.215 e. The molecule has 3 heterocycles. The molecule has 31 heavy (non-hydrogen) atoms. The van der Waals surface area contributed by atoms with Crippen molar-refractivity contribution in [1.29, 1.82) is 0 Å². The Morgan fingerprint density at radius 1 is 1.03 bits per heavy atom. The number of hydrogen-bond donors (Lipinski definition) is 0. The number of halogens is 3. The highest BCUT2D eigenvalue weighted by Gasteiger charge is 2.24. The first kappa shape index (κ1) is 21.7. The van der Waals surface area contributed by atoms with E-state index in [1.807, 2.05) is 18.2 Å². The van der Waals surface area contributed by atoms with Crippen molar-refractivity contribution in [3.05, 3.63) is 93.5 Å². The predicted molar refractivity (Wildman–Crippen MR) is 128 cm³/mol. The fraction of sp³-hybridized carbons (Fsp3) is 0.240. The summed E-state index contributed by atoms with van der Waals surface area (Å²) in [6.45, 7) is 6.38. The Labute approximate surface area is 192 Å². The summed E-state index contributed by atoms with van der Waals surface area (Å²) in [7, 11) is 0. The zero-order valence-electron chi connectivity index (χ0n) is 17.5. The molecule has 0 amide bonds. The number of hydrogen-bond acceptors (Lipinski definition) is 2. The van der Waals surface area contributed by atoms with Gasteiger partial charge in [-0.25, -0.2) is 4.98 Å². The van der Waals surface area contributed by atoms with Gasteiger partial charge in [0.2, 0.25) is 5.95 Å². The minimum Gasteiger partial charge on any atom is -0.350 e. The van der Waals surface area contributed by atoms with E-state index in [-0.39, 0.29) is 12.4 Å². The molecule has 0 atom stereocenters. The Morgan fingerprint density at radius 3 is 2.58 bits per heavy atom. The standard InChI is InChI=1S/C25H23ClFN3.ClH/c1-16-17(2)30(14-18-6-5-9-21(26)12-18)24-22(16)13-23(27)28-25(24)29-11-10-19-7-3-4-8-20(19)15-29;/h3-9,12-13H,10-11,14-15H2,1-2H3;1H. The third kappa shape index (κ3) is 3.90. The van der Waals surface area contributed by atoms with Crippen molar-refractivity contribution in [3.8, 4) is 0 Å². The summed E-state index contributed by atoms with van der Waals surface area (Å²) in [5, 5.41) is 1.64. The molecule has 2 aromatic carbocycles. The van der Waals surface area contributed by atoms with Crippen LogP contribution in [0, 0.1) is 19.8 Å². The van der Waals surface area contributed by atoms with Gasteiger partial charge in [-0.1, -0.05) is 48.0 Å². The monoisotopic (exact) mass is 455 g/mol. The quantitative estimate of drug-likeness (QED) is 0.329. The molecule has 0 saturated heterocycles. The molecule has 0 unspecified atom stereocenters. The van der Waals surface area contributed by atoms with E-state index in [1.165, 1.54) is 11.1 Å². The maximum Gasteiger partial charge on any atom is 0.215 e. The maximum absolute atomic E-state index is 14.6. The highest BCUT2D eigenvalue weighted by atomic mass is 35.5. The first-order valence-electron chi connectivity index (χ1n) is 10.2. The number of nitrogens with zero attached hydrogens (tertiary/aromatic N) is 3. The van der Waals surface area contributed by atoms with Crippen molar-refractivity contribution in [2.75, 3.05) is 11.4 Å². The molecule has 0 spiro atoms. The number of aromatic nitrogens is 2. The summed E-state index contributed by atoms with van der Waals surface area (Å²) in [6.07, 6.45) is 0.933. The second-order valence-corrected chi connectivity index (χ2v) is 8.47. The SMILES string of the molecule is Cc1c(C)n(Cc2cccc(Cl)c2)c2c(N3CCc4ccccc4C3)nc(F)cc12.Cl. The Balaban J connectivity index is 0.00000231. The van der Waals surface area contributed by atoms with Gasteiger partial charge in [-0.2, -0.15) is 4.39 Å². The maximum atomic E-state index is 14.6. The van der Waals surface area contributed by atoms with E-state index in [4.69, 9.17) is 11.6 Å². The van der Waals surface area contributed by atoms with Crippen molar-refractivity contribution in [2.24, 2.45) is 0 Å². The fourth-order valence-corrected chi connectivity index (χ4v) is 4.74. The van der Waals surface area contributed by atoms with E-state index < -0.39 is 5.95 Å². The van der Waals surface area contributed by atoms with Crippen LogP contribution in [0.3, 0.4) is 0 Å². The van der Waals surface area contributed by atoms with E-state index in [9.17, 15) is 4.39 Å².